The van der Waals surface area contributed by atoms with Crippen LogP contribution in [0, 0.1) is 0 Å². The molecule has 2 aromatic rings. The highest BCUT2D eigenvalue weighted by Crippen LogP contribution is 2.42. The summed E-state index contributed by atoms with van der Waals surface area (Å²) in [5.41, 5.74) is 9.03. The van der Waals surface area contributed by atoms with Crippen LogP contribution < -0.4 is 0 Å². The standard InChI is InChI=1S/C27H39NO3Si/c1-19(2)32(20(3)4,21(5)6)15-14-22(18-29)16-23-17-28(26(30)31-27(7,8)9)25-13-11-10-12-24(23)25/h10-13,15,17-21H,16H2,1-9H3. The molecule has 0 aliphatic carbocycles. The third kappa shape index (κ3) is 5.51. The van der Waals surface area contributed by atoms with E-state index in [-0.39, 0.29) is 0 Å². The fraction of sp³-hybridized carbons (Fsp3) is 0.519. The summed E-state index contributed by atoms with van der Waals surface area (Å²) in [6.45, 7) is 19.3. The second kappa shape index (κ2) is 10.1. The Hall–Kier alpha value is -2.36. The monoisotopic (exact) mass is 453 g/mol. The molecular weight excluding hydrogens is 414 g/mol. The smallest absolute Gasteiger partial charge is 0.419 e. The van der Waals surface area contributed by atoms with Crippen molar-refractivity contribution < 1.29 is 14.3 Å². The highest BCUT2D eigenvalue weighted by atomic mass is 28.3. The maximum Gasteiger partial charge on any atom is 0.419 e. The Labute approximate surface area is 194 Å². The topological polar surface area (TPSA) is 48.3 Å². The van der Waals surface area contributed by atoms with Gasteiger partial charge in [-0.2, -0.15) is 0 Å². The van der Waals surface area contributed by atoms with Gasteiger partial charge < -0.3 is 4.74 Å². The lowest BCUT2D eigenvalue weighted by Gasteiger charge is -2.39. The highest BCUT2D eigenvalue weighted by Gasteiger charge is 2.40. The Balaban J connectivity index is 2.55. The molecule has 0 aliphatic rings. The van der Waals surface area contributed by atoms with Gasteiger partial charge in [0, 0.05) is 23.6 Å². The molecule has 5 heteroatoms. The van der Waals surface area contributed by atoms with Gasteiger partial charge in [-0.3, -0.25) is 9.36 Å². The Morgan fingerprint density at radius 1 is 1.06 bits per heavy atom. The normalized spacial score (nSPS) is 12.4. The van der Waals surface area contributed by atoms with Crippen LogP contribution in [-0.2, 0) is 16.0 Å². The fourth-order valence-corrected chi connectivity index (χ4v) is 10.3. The summed E-state index contributed by atoms with van der Waals surface area (Å²) in [6.07, 6.45) is 2.70. The summed E-state index contributed by atoms with van der Waals surface area (Å²) in [5, 5.41) is 0.944. The number of carbonyl (C=O) groups is 2. The van der Waals surface area contributed by atoms with Crippen molar-refractivity contribution in [3.05, 3.63) is 53.0 Å². The quantitative estimate of drug-likeness (QED) is 0.189. The minimum Gasteiger partial charge on any atom is -0.443 e. The first-order valence-corrected chi connectivity index (χ1v) is 13.9. The number of nitrogens with zero attached hydrogens (tertiary/aromatic N) is 1. The predicted molar refractivity (Wildman–Crippen MR) is 136 cm³/mol. The minimum absolute atomic E-state index is 0.419. The van der Waals surface area contributed by atoms with Crippen LogP contribution in [0.5, 0.6) is 0 Å². The van der Waals surface area contributed by atoms with Gasteiger partial charge in [-0.15, -0.1) is 5.73 Å². The number of para-hydroxylation sites is 1. The Morgan fingerprint density at radius 3 is 2.12 bits per heavy atom. The first-order chi connectivity index (χ1) is 14.8. The largest absolute Gasteiger partial charge is 0.443 e. The predicted octanol–water partition coefficient (Wildman–Crippen LogP) is 7.47. The lowest BCUT2D eigenvalue weighted by Crippen LogP contribution is -2.42. The van der Waals surface area contributed by atoms with Gasteiger partial charge in [0.05, 0.1) is 13.6 Å². The van der Waals surface area contributed by atoms with Crippen LogP contribution in [0.3, 0.4) is 0 Å². The summed E-state index contributed by atoms with van der Waals surface area (Å²) in [7, 11) is -1.81. The molecule has 0 saturated heterocycles. The number of allylic oxidation sites excluding steroid dienone is 1. The first kappa shape index (κ1) is 25.9. The van der Waals surface area contributed by atoms with Crippen molar-refractivity contribution in [2.24, 2.45) is 0 Å². The maximum absolute atomic E-state index is 12.8. The van der Waals surface area contributed by atoms with E-state index in [0.717, 1.165) is 22.8 Å². The molecule has 1 aromatic heterocycles. The van der Waals surface area contributed by atoms with Gasteiger partial charge in [-0.1, -0.05) is 65.4 Å². The van der Waals surface area contributed by atoms with Crippen molar-refractivity contribution in [2.45, 2.75) is 91.0 Å². The van der Waals surface area contributed by atoms with Crippen molar-refractivity contribution in [1.29, 1.82) is 0 Å². The molecule has 4 nitrogen and oxygen atoms in total. The molecule has 0 saturated carbocycles. The van der Waals surface area contributed by atoms with E-state index < -0.39 is 19.8 Å². The second-order valence-electron chi connectivity index (χ2n) is 10.6. The molecule has 0 bridgehead atoms. The van der Waals surface area contributed by atoms with E-state index in [1.165, 1.54) is 4.57 Å². The number of aldehydes is 1. The van der Waals surface area contributed by atoms with E-state index in [1.807, 2.05) is 45.0 Å². The molecule has 1 aromatic carbocycles. The maximum atomic E-state index is 12.8. The van der Waals surface area contributed by atoms with Crippen LogP contribution in [0.1, 0.15) is 67.9 Å². The number of rotatable bonds is 7. The van der Waals surface area contributed by atoms with Crippen LogP contribution in [0.2, 0.25) is 16.6 Å². The van der Waals surface area contributed by atoms with Gasteiger partial charge in [-0.25, -0.2) is 4.79 Å². The number of ether oxygens (including phenoxy) is 1. The van der Waals surface area contributed by atoms with Gasteiger partial charge in [0.15, 0.2) is 6.29 Å². The van der Waals surface area contributed by atoms with Crippen molar-refractivity contribution in [1.82, 2.24) is 4.57 Å². The van der Waals surface area contributed by atoms with Gasteiger partial charge in [-0.05, 0) is 49.0 Å². The first-order valence-electron chi connectivity index (χ1n) is 11.6. The van der Waals surface area contributed by atoms with E-state index >= 15 is 0 Å². The average molecular weight is 454 g/mol. The Bertz CT molecular complexity index is 1010. The lowest BCUT2D eigenvalue weighted by atomic mass is 10.1. The summed E-state index contributed by atoms with van der Waals surface area (Å²) in [4.78, 5) is 24.8. The van der Waals surface area contributed by atoms with Crippen LogP contribution >= 0.6 is 0 Å². The molecule has 0 atom stereocenters. The van der Waals surface area contributed by atoms with Crippen LogP contribution in [0.15, 0.2) is 47.5 Å². The fourth-order valence-electron chi connectivity index (χ4n) is 4.90. The number of hydrogen-bond acceptors (Lipinski definition) is 3. The molecule has 0 amide bonds. The molecule has 174 valence electrons. The SMILES string of the molecule is CC(C)[Si](C=C=C(C=O)Cc1cn(C(=O)OC(C)(C)C)c2ccccc12)(C(C)C)C(C)C. The second-order valence-corrected chi connectivity index (χ2v) is 16.3. The van der Waals surface area contributed by atoms with E-state index in [9.17, 15) is 9.59 Å². The zero-order valence-electron chi connectivity index (χ0n) is 21.2. The zero-order chi connectivity index (χ0) is 24.3. The van der Waals surface area contributed by atoms with Crippen molar-refractivity contribution >= 4 is 31.4 Å². The van der Waals surface area contributed by atoms with Crippen molar-refractivity contribution in [3.8, 4) is 0 Å². The van der Waals surface area contributed by atoms with Gasteiger partial charge in [0.1, 0.15) is 5.60 Å². The Kier molecular flexibility index (Phi) is 8.14. The zero-order valence-corrected chi connectivity index (χ0v) is 22.2. The molecule has 2 rings (SSSR count). The summed E-state index contributed by atoms with van der Waals surface area (Å²) >= 11 is 0. The number of fused-ring (bicyclic) bond motifs is 1. The van der Waals surface area contributed by atoms with E-state index in [2.05, 4.69) is 53.0 Å². The Morgan fingerprint density at radius 2 is 1.62 bits per heavy atom. The summed E-state index contributed by atoms with van der Waals surface area (Å²) in [5.74, 6) is 0. The van der Waals surface area contributed by atoms with E-state index in [4.69, 9.17) is 4.74 Å². The van der Waals surface area contributed by atoms with E-state index in [1.54, 1.807) is 6.20 Å². The molecule has 0 fully saturated rings. The third-order valence-electron chi connectivity index (χ3n) is 6.42. The molecule has 0 aliphatic heterocycles. The lowest BCUT2D eigenvalue weighted by molar-refractivity contribution is -0.105. The van der Waals surface area contributed by atoms with Gasteiger partial charge >= 0.3 is 6.09 Å². The number of aromatic nitrogens is 1. The highest BCUT2D eigenvalue weighted by molar-refractivity contribution is 6.87. The third-order valence-corrected chi connectivity index (χ3v) is 13.1. The van der Waals surface area contributed by atoms with Crippen molar-refractivity contribution in [3.63, 3.8) is 0 Å². The molecule has 0 N–H and O–H groups in total. The molecule has 0 radical (unpaired) electrons. The number of hydrogen-bond donors (Lipinski definition) is 0. The average Bonchev–Trinajstić information content (AvgIpc) is 3.04. The van der Waals surface area contributed by atoms with E-state index in [0.29, 0.717) is 28.6 Å². The molecule has 32 heavy (non-hydrogen) atoms. The van der Waals surface area contributed by atoms with Crippen LogP contribution in [-0.4, -0.2) is 30.6 Å². The summed E-state index contributed by atoms with van der Waals surface area (Å²) < 4.78 is 7.12. The van der Waals surface area contributed by atoms with Crippen LogP contribution in [0.4, 0.5) is 4.79 Å². The minimum atomic E-state index is -1.81. The van der Waals surface area contributed by atoms with Gasteiger partial charge in [0.2, 0.25) is 0 Å². The summed E-state index contributed by atoms with van der Waals surface area (Å²) in [6, 6.07) is 7.72. The molecule has 0 spiro atoms. The number of benzene rings is 1. The molecule has 1 heterocycles. The van der Waals surface area contributed by atoms with Gasteiger partial charge in [0.25, 0.3) is 0 Å². The number of carbonyl (C=O) groups excluding carboxylic acids is 2. The van der Waals surface area contributed by atoms with Crippen molar-refractivity contribution in [2.75, 3.05) is 0 Å². The molecule has 0 unspecified atom stereocenters. The van der Waals surface area contributed by atoms with Crippen LogP contribution in [0.25, 0.3) is 10.9 Å². The molecular formula is C27H39NO3Si.